The van der Waals surface area contributed by atoms with Gasteiger partial charge in [-0.05, 0) is 19.1 Å². The van der Waals surface area contributed by atoms with Gasteiger partial charge in [0.2, 0.25) is 0 Å². The fraction of sp³-hybridized carbons (Fsp3) is 0.154. The van der Waals surface area contributed by atoms with E-state index in [2.05, 4.69) is 10.3 Å². The smallest absolute Gasteiger partial charge is 0.275 e. The summed E-state index contributed by atoms with van der Waals surface area (Å²) in [6.45, 7) is 1.82. The number of nitrogens with one attached hydrogen (secondary N) is 1. The lowest BCUT2D eigenvalue weighted by Gasteiger charge is -2.06. The zero-order chi connectivity index (χ0) is 14.0. The van der Waals surface area contributed by atoms with Crippen LogP contribution in [0.4, 0.5) is 15.9 Å². The molecule has 0 atom stereocenters. The molecule has 1 aromatic heterocycles. The van der Waals surface area contributed by atoms with Gasteiger partial charge in [-0.25, -0.2) is 9.37 Å². The number of pyridine rings is 1. The highest BCUT2D eigenvalue weighted by atomic mass is 19.1. The van der Waals surface area contributed by atoms with Crippen molar-refractivity contribution in [3.63, 3.8) is 0 Å². The van der Waals surface area contributed by atoms with Crippen molar-refractivity contribution in [2.24, 2.45) is 0 Å². The third-order valence-electron chi connectivity index (χ3n) is 2.67. The summed E-state index contributed by atoms with van der Waals surface area (Å²) in [6.07, 6.45) is 0. The molecule has 19 heavy (non-hydrogen) atoms. The normalized spacial score (nSPS) is 10.3. The second-order valence-electron chi connectivity index (χ2n) is 4.09. The SMILES string of the molecule is CNc1cc([N+](=O)[O-])cc(-c2cc(C)ccc2F)n1. The first kappa shape index (κ1) is 12.9. The van der Waals surface area contributed by atoms with Crippen molar-refractivity contribution in [1.29, 1.82) is 0 Å². The molecule has 98 valence electrons. The van der Waals surface area contributed by atoms with Gasteiger partial charge in [-0.15, -0.1) is 0 Å². The minimum atomic E-state index is -0.528. The Hall–Kier alpha value is -2.50. The third-order valence-corrected chi connectivity index (χ3v) is 2.67. The number of benzene rings is 1. The van der Waals surface area contributed by atoms with E-state index in [4.69, 9.17) is 0 Å². The molecule has 0 unspecified atom stereocenters. The van der Waals surface area contributed by atoms with Crippen LogP contribution in [0.5, 0.6) is 0 Å². The van der Waals surface area contributed by atoms with Crippen LogP contribution in [0.3, 0.4) is 0 Å². The van der Waals surface area contributed by atoms with Gasteiger partial charge >= 0.3 is 0 Å². The van der Waals surface area contributed by atoms with Gasteiger partial charge in [-0.1, -0.05) is 11.6 Å². The van der Waals surface area contributed by atoms with Crippen molar-refractivity contribution < 1.29 is 9.31 Å². The standard InChI is InChI=1S/C13H12FN3O2/c1-8-3-4-11(14)10(5-8)12-6-9(17(18)19)7-13(15-2)16-12/h3-7H,1-2H3,(H,15,16). The summed E-state index contributed by atoms with van der Waals surface area (Å²) in [6, 6.07) is 7.14. The monoisotopic (exact) mass is 261 g/mol. The molecule has 0 amide bonds. The van der Waals surface area contributed by atoms with E-state index in [-0.39, 0.29) is 16.9 Å². The largest absolute Gasteiger partial charge is 0.373 e. The number of hydrogen-bond donors (Lipinski definition) is 1. The number of nitrogens with zero attached hydrogens (tertiary/aromatic N) is 2. The molecule has 0 radical (unpaired) electrons. The van der Waals surface area contributed by atoms with Crippen LogP contribution < -0.4 is 5.32 Å². The third kappa shape index (κ3) is 2.67. The predicted molar refractivity (Wildman–Crippen MR) is 70.6 cm³/mol. The Bertz CT molecular complexity index is 644. The molecule has 2 aromatic rings. The number of anilines is 1. The molecule has 0 aliphatic rings. The van der Waals surface area contributed by atoms with Crippen molar-refractivity contribution in [3.8, 4) is 11.3 Å². The fourth-order valence-corrected chi connectivity index (χ4v) is 1.72. The van der Waals surface area contributed by atoms with Gasteiger partial charge in [0, 0.05) is 18.7 Å². The van der Waals surface area contributed by atoms with Crippen LogP contribution in [-0.4, -0.2) is 17.0 Å². The van der Waals surface area contributed by atoms with Gasteiger partial charge in [-0.2, -0.15) is 0 Å². The van der Waals surface area contributed by atoms with E-state index in [0.717, 1.165) is 5.56 Å². The molecule has 2 rings (SSSR count). The maximum absolute atomic E-state index is 13.8. The molecule has 0 spiro atoms. The van der Waals surface area contributed by atoms with E-state index in [9.17, 15) is 14.5 Å². The number of halogens is 1. The zero-order valence-corrected chi connectivity index (χ0v) is 10.5. The molecule has 0 aliphatic carbocycles. The van der Waals surface area contributed by atoms with Crippen LogP contribution >= 0.6 is 0 Å². The Balaban J connectivity index is 2.64. The van der Waals surface area contributed by atoms with Crippen LogP contribution in [0.15, 0.2) is 30.3 Å². The second kappa shape index (κ2) is 5.01. The van der Waals surface area contributed by atoms with Crippen LogP contribution in [0, 0.1) is 22.9 Å². The summed E-state index contributed by atoms with van der Waals surface area (Å²) in [7, 11) is 1.60. The summed E-state index contributed by atoms with van der Waals surface area (Å²) in [5, 5.41) is 13.6. The molecule has 0 saturated carbocycles. The van der Waals surface area contributed by atoms with E-state index in [0.29, 0.717) is 5.82 Å². The average Bonchev–Trinajstić information content (AvgIpc) is 2.40. The van der Waals surface area contributed by atoms with Crippen LogP contribution in [0.2, 0.25) is 0 Å². The van der Waals surface area contributed by atoms with E-state index in [1.54, 1.807) is 19.2 Å². The predicted octanol–water partition coefficient (Wildman–Crippen LogP) is 3.15. The minimum Gasteiger partial charge on any atom is -0.373 e. The Kier molecular flexibility index (Phi) is 3.41. The van der Waals surface area contributed by atoms with Crippen LogP contribution in [0.1, 0.15) is 5.56 Å². The maximum atomic E-state index is 13.8. The second-order valence-corrected chi connectivity index (χ2v) is 4.09. The van der Waals surface area contributed by atoms with Gasteiger partial charge in [-0.3, -0.25) is 10.1 Å². The molecular weight excluding hydrogens is 249 g/mol. The Morgan fingerprint density at radius 2 is 2.05 bits per heavy atom. The fourth-order valence-electron chi connectivity index (χ4n) is 1.72. The van der Waals surface area contributed by atoms with Crippen molar-refractivity contribution in [2.45, 2.75) is 6.92 Å². The first-order chi connectivity index (χ1) is 9.01. The summed E-state index contributed by atoms with van der Waals surface area (Å²) >= 11 is 0. The highest BCUT2D eigenvalue weighted by Gasteiger charge is 2.14. The number of rotatable bonds is 3. The summed E-state index contributed by atoms with van der Waals surface area (Å²) in [5.74, 6) is -0.134. The average molecular weight is 261 g/mol. The van der Waals surface area contributed by atoms with Crippen molar-refractivity contribution in [1.82, 2.24) is 4.98 Å². The molecule has 1 heterocycles. The molecule has 6 heteroatoms. The number of nitro groups is 1. The van der Waals surface area contributed by atoms with E-state index in [1.165, 1.54) is 18.2 Å². The Morgan fingerprint density at radius 1 is 1.32 bits per heavy atom. The Morgan fingerprint density at radius 3 is 2.68 bits per heavy atom. The maximum Gasteiger partial charge on any atom is 0.275 e. The summed E-state index contributed by atoms with van der Waals surface area (Å²) in [5.41, 5.74) is 1.21. The zero-order valence-electron chi connectivity index (χ0n) is 10.5. The van der Waals surface area contributed by atoms with Gasteiger partial charge in [0.15, 0.2) is 0 Å². The van der Waals surface area contributed by atoms with Crippen LogP contribution in [0.25, 0.3) is 11.3 Å². The van der Waals surface area contributed by atoms with Crippen molar-refractivity contribution >= 4 is 11.5 Å². The minimum absolute atomic E-state index is 0.129. The van der Waals surface area contributed by atoms with E-state index >= 15 is 0 Å². The van der Waals surface area contributed by atoms with Crippen molar-refractivity contribution in [3.05, 3.63) is 51.8 Å². The van der Waals surface area contributed by atoms with Gasteiger partial charge < -0.3 is 5.32 Å². The number of hydrogen-bond acceptors (Lipinski definition) is 4. The highest BCUT2D eigenvalue weighted by Crippen LogP contribution is 2.27. The first-order valence-corrected chi connectivity index (χ1v) is 5.62. The molecule has 5 nitrogen and oxygen atoms in total. The number of aromatic nitrogens is 1. The first-order valence-electron chi connectivity index (χ1n) is 5.62. The van der Waals surface area contributed by atoms with E-state index < -0.39 is 10.7 Å². The lowest BCUT2D eigenvalue weighted by molar-refractivity contribution is -0.384. The quantitative estimate of drug-likeness (QED) is 0.680. The highest BCUT2D eigenvalue weighted by molar-refractivity contribution is 5.66. The summed E-state index contributed by atoms with van der Waals surface area (Å²) in [4.78, 5) is 14.5. The van der Waals surface area contributed by atoms with Gasteiger partial charge in [0.25, 0.3) is 5.69 Å². The molecule has 1 N–H and O–H groups in total. The topological polar surface area (TPSA) is 68.1 Å². The lowest BCUT2D eigenvalue weighted by Crippen LogP contribution is -1.98. The molecule has 0 bridgehead atoms. The lowest BCUT2D eigenvalue weighted by atomic mass is 10.1. The van der Waals surface area contributed by atoms with Gasteiger partial charge in [0.05, 0.1) is 16.7 Å². The molecular formula is C13H12FN3O2. The van der Waals surface area contributed by atoms with Crippen LogP contribution in [-0.2, 0) is 0 Å². The molecule has 1 aromatic carbocycles. The van der Waals surface area contributed by atoms with Gasteiger partial charge in [0.1, 0.15) is 11.6 Å². The number of aryl methyl sites for hydroxylation is 1. The molecule has 0 aliphatic heterocycles. The molecule has 0 saturated heterocycles. The molecule has 0 fully saturated rings. The van der Waals surface area contributed by atoms with Crippen molar-refractivity contribution in [2.75, 3.05) is 12.4 Å². The Labute approximate surface area is 109 Å². The summed E-state index contributed by atoms with van der Waals surface area (Å²) < 4.78 is 13.8. The van der Waals surface area contributed by atoms with E-state index in [1.807, 2.05) is 6.92 Å².